The first-order valence-corrected chi connectivity index (χ1v) is 9.13. The molecule has 0 aliphatic rings. The van der Waals surface area contributed by atoms with E-state index < -0.39 is 0 Å². The maximum Gasteiger partial charge on any atom is 0.281 e. The molecule has 0 fully saturated rings. The fourth-order valence-corrected chi connectivity index (χ4v) is 2.83. The summed E-state index contributed by atoms with van der Waals surface area (Å²) in [5, 5.41) is 7.60. The number of hydrogen-bond donors (Lipinski definition) is 1. The largest absolute Gasteiger partial charge is 0.497 e. The van der Waals surface area contributed by atoms with Crippen LogP contribution in [0, 0.1) is 6.92 Å². The number of ether oxygens (including phenoxy) is 1. The van der Waals surface area contributed by atoms with Crippen molar-refractivity contribution in [1.29, 1.82) is 0 Å². The second-order valence-corrected chi connectivity index (χ2v) is 6.50. The van der Waals surface area contributed by atoms with E-state index in [4.69, 9.17) is 9.15 Å². The Balaban J connectivity index is 1.68. The van der Waals surface area contributed by atoms with Crippen molar-refractivity contribution in [1.82, 2.24) is 14.8 Å². The van der Waals surface area contributed by atoms with E-state index in [-0.39, 0.29) is 5.91 Å². The zero-order valence-corrected chi connectivity index (χ0v) is 16.1. The van der Waals surface area contributed by atoms with Crippen LogP contribution in [0.4, 0.5) is 5.95 Å². The van der Waals surface area contributed by atoms with Gasteiger partial charge in [0, 0.05) is 11.1 Å². The maximum absolute atomic E-state index is 13.1. The van der Waals surface area contributed by atoms with E-state index in [1.165, 1.54) is 4.68 Å². The molecule has 7 heteroatoms. The maximum atomic E-state index is 13.1. The lowest BCUT2D eigenvalue weighted by atomic mass is 10.1. The van der Waals surface area contributed by atoms with Crippen molar-refractivity contribution in [3.8, 4) is 17.1 Å². The SMILES string of the molecule is COc1ccc(C(=O)n2nc(-c3ccc(C)cc3)nc2NCc2ccco2)cc1. The monoisotopic (exact) mass is 388 g/mol. The first-order valence-electron chi connectivity index (χ1n) is 9.13. The lowest BCUT2D eigenvalue weighted by molar-refractivity contribution is 0.0947. The van der Waals surface area contributed by atoms with Gasteiger partial charge in [0.25, 0.3) is 5.91 Å². The summed E-state index contributed by atoms with van der Waals surface area (Å²) < 4.78 is 11.8. The molecule has 1 N–H and O–H groups in total. The molecule has 4 aromatic rings. The molecule has 0 bridgehead atoms. The number of hydrogen-bond acceptors (Lipinski definition) is 6. The molecule has 0 saturated heterocycles. The highest BCUT2D eigenvalue weighted by molar-refractivity contribution is 5.97. The first-order chi connectivity index (χ1) is 14.1. The molecule has 0 saturated carbocycles. The summed E-state index contributed by atoms with van der Waals surface area (Å²) >= 11 is 0. The third-order valence-corrected chi connectivity index (χ3v) is 4.45. The number of nitrogens with zero attached hydrogens (tertiary/aromatic N) is 3. The summed E-state index contributed by atoms with van der Waals surface area (Å²) in [6.07, 6.45) is 1.60. The summed E-state index contributed by atoms with van der Waals surface area (Å²) in [4.78, 5) is 17.6. The summed E-state index contributed by atoms with van der Waals surface area (Å²) in [5.41, 5.74) is 2.45. The number of aryl methyl sites for hydroxylation is 1. The molecule has 146 valence electrons. The molecule has 0 aliphatic carbocycles. The molecule has 2 heterocycles. The minimum Gasteiger partial charge on any atom is -0.497 e. The first kappa shape index (κ1) is 18.5. The number of rotatable bonds is 6. The highest BCUT2D eigenvalue weighted by atomic mass is 16.5. The van der Waals surface area contributed by atoms with Crippen LogP contribution in [-0.2, 0) is 6.54 Å². The molecule has 0 amide bonds. The number of furan rings is 1. The molecule has 0 spiro atoms. The molecule has 4 rings (SSSR count). The van der Waals surface area contributed by atoms with Gasteiger partial charge in [-0.3, -0.25) is 4.79 Å². The van der Waals surface area contributed by atoms with E-state index in [2.05, 4.69) is 15.4 Å². The minimum atomic E-state index is -0.291. The van der Waals surface area contributed by atoms with Crippen LogP contribution in [0.5, 0.6) is 5.75 Å². The third kappa shape index (κ3) is 4.03. The van der Waals surface area contributed by atoms with E-state index in [1.807, 2.05) is 43.3 Å². The lowest BCUT2D eigenvalue weighted by Gasteiger charge is -2.06. The second-order valence-electron chi connectivity index (χ2n) is 6.50. The Morgan fingerprint density at radius 3 is 2.52 bits per heavy atom. The van der Waals surface area contributed by atoms with E-state index in [0.717, 1.165) is 16.9 Å². The van der Waals surface area contributed by atoms with Gasteiger partial charge in [-0.25, -0.2) is 0 Å². The second kappa shape index (κ2) is 8.02. The smallest absolute Gasteiger partial charge is 0.281 e. The Labute approximate surface area is 168 Å². The van der Waals surface area contributed by atoms with Crippen LogP contribution in [-0.4, -0.2) is 27.8 Å². The van der Waals surface area contributed by atoms with Crippen LogP contribution in [0.2, 0.25) is 0 Å². The number of nitrogens with one attached hydrogen (secondary N) is 1. The third-order valence-electron chi connectivity index (χ3n) is 4.45. The molecule has 2 aromatic heterocycles. The predicted molar refractivity (Wildman–Crippen MR) is 109 cm³/mol. The van der Waals surface area contributed by atoms with E-state index in [1.54, 1.807) is 37.6 Å². The Hall–Kier alpha value is -3.87. The number of benzene rings is 2. The van der Waals surface area contributed by atoms with Crippen LogP contribution >= 0.6 is 0 Å². The standard InChI is InChI=1S/C22H20N4O3/c1-15-5-7-16(8-6-15)20-24-22(23-14-19-4-3-13-29-19)26(25-20)21(27)17-9-11-18(28-2)12-10-17/h3-13H,14H2,1-2H3,(H,23,24,25). The summed E-state index contributed by atoms with van der Waals surface area (Å²) in [7, 11) is 1.58. The van der Waals surface area contributed by atoms with Crippen molar-refractivity contribution in [2.24, 2.45) is 0 Å². The molecule has 0 unspecified atom stereocenters. The number of anilines is 1. The van der Waals surface area contributed by atoms with Crippen LogP contribution in [0.3, 0.4) is 0 Å². The zero-order valence-electron chi connectivity index (χ0n) is 16.1. The Morgan fingerprint density at radius 2 is 1.86 bits per heavy atom. The number of aromatic nitrogens is 3. The van der Waals surface area contributed by atoms with Gasteiger partial charge in [-0.05, 0) is 43.3 Å². The normalized spacial score (nSPS) is 10.7. The van der Waals surface area contributed by atoms with E-state index in [0.29, 0.717) is 29.6 Å². The van der Waals surface area contributed by atoms with Crippen LogP contribution in [0.25, 0.3) is 11.4 Å². The van der Waals surface area contributed by atoms with Crippen molar-refractivity contribution in [2.45, 2.75) is 13.5 Å². The van der Waals surface area contributed by atoms with Crippen molar-refractivity contribution in [3.05, 3.63) is 83.8 Å². The average Bonchev–Trinajstić information content (AvgIpc) is 3.42. The molecule has 0 radical (unpaired) electrons. The topological polar surface area (TPSA) is 82.2 Å². The molecule has 0 atom stereocenters. The molecule has 7 nitrogen and oxygen atoms in total. The predicted octanol–water partition coefficient (Wildman–Crippen LogP) is 4.16. The summed E-state index contributed by atoms with van der Waals surface area (Å²) in [6, 6.07) is 18.4. The van der Waals surface area contributed by atoms with Crippen LogP contribution in [0.15, 0.2) is 71.3 Å². The van der Waals surface area contributed by atoms with Gasteiger partial charge < -0.3 is 14.5 Å². The summed E-state index contributed by atoms with van der Waals surface area (Å²) in [6.45, 7) is 2.40. The van der Waals surface area contributed by atoms with Gasteiger partial charge in [0.15, 0.2) is 5.82 Å². The van der Waals surface area contributed by atoms with Gasteiger partial charge in [0.2, 0.25) is 5.95 Å². The quantitative estimate of drug-likeness (QED) is 0.534. The fraction of sp³-hybridized carbons (Fsp3) is 0.136. The zero-order chi connectivity index (χ0) is 20.2. The van der Waals surface area contributed by atoms with Gasteiger partial charge in [0.05, 0.1) is 19.9 Å². The molecular weight excluding hydrogens is 368 g/mol. The molecule has 2 aromatic carbocycles. The summed E-state index contributed by atoms with van der Waals surface area (Å²) in [5.74, 6) is 1.93. The molecular formula is C22H20N4O3. The lowest BCUT2D eigenvalue weighted by Crippen LogP contribution is -2.17. The Bertz CT molecular complexity index is 1100. The van der Waals surface area contributed by atoms with Gasteiger partial charge in [-0.2, -0.15) is 9.67 Å². The highest BCUT2D eigenvalue weighted by Crippen LogP contribution is 2.21. The van der Waals surface area contributed by atoms with Crippen molar-refractivity contribution >= 4 is 11.9 Å². The van der Waals surface area contributed by atoms with Gasteiger partial charge in [-0.1, -0.05) is 29.8 Å². The van der Waals surface area contributed by atoms with Crippen molar-refractivity contribution in [2.75, 3.05) is 12.4 Å². The van der Waals surface area contributed by atoms with Gasteiger partial charge in [-0.15, -0.1) is 5.10 Å². The minimum absolute atomic E-state index is 0.291. The number of carbonyl (C=O) groups excluding carboxylic acids is 1. The van der Waals surface area contributed by atoms with Crippen LogP contribution in [0.1, 0.15) is 21.7 Å². The molecule has 29 heavy (non-hydrogen) atoms. The van der Waals surface area contributed by atoms with Gasteiger partial charge >= 0.3 is 0 Å². The van der Waals surface area contributed by atoms with Crippen molar-refractivity contribution in [3.63, 3.8) is 0 Å². The Kier molecular flexibility index (Phi) is 5.11. The molecule has 0 aliphatic heterocycles. The Morgan fingerprint density at radius 1 is 1.10 bits per heavy atom. The average molecular weight is 388 g/mol. The van der Waals surface area contributed by atoms with E-state index in [9.17, 15) is 4.79 Å². The number of carbonyl (C=O) groups is 1. The van der Waals surface area contributed by atoms with Crippen molar-refractivity contribution < 1.29 is 13.9 Å². The highest BCUT2D eigenvalue weighted by Gasteiger charge is 2.19. The number of methoxy groups -OCH3 is 1. The van der Waals surface area contributed by atoms with Crippen LogP contribution < -0.4 is 10.1 Å². The van der Waals surface area contributed by atoms with E-state index >= 15 is 0 Å². The fourth-order valence-electron chi connectivity index (χ4n) is 2.83. The van der Waals surface area contributed by atoms with Gasteiger partial charge in [0.1, 0.15) is 11.5 Å².